The maximum absolute atomic E-state index is 9.76. The number of phenols is 1. The summed E-state index contributed by atoms with van der Waals surface area (Å²) in [6, 6.07) is 4.02. The first-order chi connectivity index (χ1) is 9.52. The highest BCUT2D eigenvalue weighted by molar-refractivity contribution is 9.11. The zero-order valence-corrected chi connectivity index (χ0v) is 15.0. The summed E-state index contributed by atoms with van der Waals surface area (Å²) in [4.78, 5) is 2.43. The highest BCUT2D eigenvalue weighted by atomic mass is 79.9. The fraction of sp³-hybridized carbons (Fsp3) is 0.625. The summed E-state index contributed by atoms with van der Waals surface area (Å²) in [6.45, 7) is 2.14. The molecule has 0 heterocycles. The first-order valence-electron chi connectivity index (χ1n) is 7.38. The molecule has 3 atom stereocenters. The molecule has 1 aromatic rings. The Labute approximate surface area is 137 Å². The van der Waals surface area contributed by atoms with Crippen molar-refractivity contribution in [1.82, 2.24) is 4.90 Å². The van der Waals surface area contributed by atoms with Gasteiger partial charge in [-0.3, -0.25) is 0 Å². The van der Waals surface area contributed by atoms with Crippen LogP contribution in [0.2, 0.25) is 0 Å². The highest BCUT2D eigenvalue weighted by Gasteiger charge is 2.39. The second-order valence-corrected chi connectivity index (χ2v) is 8.25. The second-order valence-electron chi connectivity index (χ2n) is 6.54. The van der Waals surface area contributed by atoms with Crippen LogP contribution in [0.25, 0.3) is 0 Å². The van der Waals surface area contributed by atoms with Crippen molar-refractivity contribution in [3.05, 3.63) is 26.6 Å². The van der Waals surface area contributed by atoms with Crippen molar-refractivity contribution < 1.29 is 5.11 Å². The van der Waals surface area contributed by atoms with Crippen LogP contribution >= 0.6 is 31.9 Å². The van der Waals surface area contributed by atoms with Gasteiger partial charge in [-0.05, 0) is 93.6 Å². The molecule has 3 rings (SSSR count). The van der Waals surface area contributed by atoms with Gasteiger partial charge in [0.2, 0.25) is 0 Å². The van der Waals surface area contributed by atoms with Crippen molar-refractivity contribution in [2.45, 2.75) is 32.2 Å². The average molecular weight is 403 g/mol. The van der Waals surface area contributed by atoms with Crippen LogP contribution in [0.4, 0.5) is 0 Å². The minimum atomic E-state index is 0.282. The Morgan fingerprint density at radius 3 is 2.45 bits per heavy atom. The lowest BCUT2D eigenvalue weighted by molar-refractivity contribution is 0.214. The fourth-order valence-corrected chi connectivity index (χ4v) is 5.37. The molecule has 2 saturated carbocycles. The number of hydrogen-bond acceptors (Lipinski definition) is 2. The van der Waals surface area contributed by atoms with Crippen molar-refractivity contribution in [1.29, 1.82) is 0 Å². The van der Waals surface area contributed by atoms with Gasteiger partial charge in [-0.2, -0.15) is 0 Å². The van der Waals surface area contributed by atoms with Crippen molar-refractivity contribution in [2.75, 3.05) is 13.6 Å². The van der Waals surface area contributed by atoms with E-state index < -0.39 is 0 Å². The molecule has 0 aromatic heterocycles. The minimum absolute atomic E-state index is 0.282. The maximum atomic E-state index is 9.76. The molecule has 1 aromatic carbocycles. The third-order valence-electron chi connectivity index (χ3n) is 4.96. The maximum Gasteiger partial charge on any atom is 0.143 e. The summed E-state index contributed by atoms with van der Waals surface area (Å²) < 4.78 is 1.52. The van der Waals surface area contributed by atoms with E-state index in [1.54, 1.807) is 0 Å². The van der Waals surface area contributed by atoms with Crippen molar-refractivity contribution in [3.63, 3.8) is 0 Å². The third-order valence-corrected chi connectivity index (χ3v) is 6.17. The fourth-order valence-electron chi connectivity index (χ4n) is 4.09. The molecule has 2 aliphatic carbocycles. The van der Waals surface area contributed by atoms with Crippen LogP contribution in [0.3, 0.4) is 0 Å². The summed E-state index contributed by atoms with van der Waals surface area (Å²) in [7, 11) is 2.21. The molecule has 20 heavy (non-hydrogen) atoms. The number of fused-ring (bicyclic) bond motifs is 2. The predicted octanol–water partition coefficient (Wildman–Crippen LogP) is 4.79. The molecule has 0 spiro atoms. The van der Waals surface area contributed by atoms with Gasteiger partial charge in [0.25, 0.3) is 0 Å². The standard InChI is InChI=1S/C16H21Br2NO/c1-19(9-13-5-10-2-3-12(13)4-10)8-11-6-14(17)16(20)15(18)7-11/h6-7,10,12-13,20H,2-5,8-9H2,1H3. The van der Waals surface area contributed by atoms with E-state index in [0.717, 1.165) is 33.2 Å². The Kier molecular flexibility index (Phi) is 4.44. The lowest BCUT2D eigenvalue weighted by atomic mass is 9.88. The number of phenolic OH excluding ortho intramolecular Hbond substituents is 1. The van der Waals surface area contributed by atoms with Crippen LogP contribution < -0.4 is 0 Å². The second kappa shape index (κ2) is 5.98. The third kappa shape index (κ3) is 3.07. The van der Waals surface area contributed by atoms with Gasteiger partial charge in [0.1, 0.15) is 5.75 Å². The van der Waals surface area contributed by atoms with Gasteiger partial charge in [-0.15, -0.1) is 0 Å². The van der Waals surface area contributed by atoms with Crippen molar-refractivity contribution >= 4 is 31.9 Å². The number of hydrogen-bond donors (Lipinski definition) is 1. The molecule has 3 unspecified atom stereocenters. The molecule has 4 heteroatoms. The van der Waals surface area contributed by atoms with Crippen LogP contribution in [-0.4, -0.2) is 23.6 Å². The van der Waals surface area contributed by atoms with Gasteiger partial charge in [-0.25, -0.2) is 0 Å². The lowest BCUT2D eigenvalue weighted by Crippen LogP contribution is -2.28. The summed E-state index contributed by atoms with van der Waals surface area (Å²) in [5.74, 6) is 3.20. The summed E-state index contributed by atoms with van der Waals surface area (Å²) in [5.41, 5.74) is 1.23. The van der Waals surface area contributed by atoms with E-state index in [9.17, 15) is 5.11 Å². The van der Waals surface area contributed by atoms with Crippen LogP contribution in [0.1, 0.15) is 31.2 Å². The van der Waals surface area contributed by atoms with Crippen LogP contribution in [0.5, 0.6) is 5.75 Å². The Hall–Kier alpha value is -0.0600. The van der Waals surface area contributed by atoms with Crippen molar-refractivity contribution in [2.24, 2.45) is 17.8 Å². The Morgan fingerprint density at radius 1 is 1.20 bits per heavy atom. The van der Waals surface area contributed by atoms with Crippen LogP contribution in [-0.2, 0) is 6.54 Å². The monoisotopic (exact) mass is 401 g/mol. The van der Waals surface area contributed by atoms with Crippen LogP contribution in [0, 0.1) is 17.8 Å². The van der Waals surface area contributed by atoms with E-state index in [2.05, 4.69) is 43.8 Å². The van der Waals surface area contributed by atoms with Gasteiger partial charge in [0.05, 0.1) is 8.95 Å². The molecule has 1 N–H and O–H groups in total. The van der Waals surface area contributed by atoms with Gasteiger partial charge in [0.15, 0.2) is 0 Å². The Bertz CT molecular complexity index is 482. The summed E-state index contributed by atoms with van der Waals surface area (Å²) >= 11 is 6.81. The van der Waals surface area contributed by atoms with Crippen molar-refractivity contribution in [3.8, 4) is 5.75 Å². The van der Waals surface area contributed by atoms with Gasteiger partial charge >= 0.3 is 0 Å². The zero-order valence-electron chi connectivity index (χ0n) is 11.8. The molecule has 0 amide bonds. The normalized spacial score (nSPS) is 28.5. The molecular weight excluding hydrogens is 382 g/mol. The quantitative estimate of drug-likeness (QED) is 0.782. The molecule has 2 aliphatic rings. The highest BCUT2D eigenvalue weighted by Crippen LogP contribution is 2.48. The number of aromatic hydroxyl groups is 1. The average Bonchev–Trinajstić information content (AvgIpc) is 2.97. The minimum Gasteiger partial charge on any atom is -0.506 e. The number of benzene rings is 1. The smallest absolute Gasteiger partial charge is 0.143 e. The predicted molar refractivity (Wildman–Crippen MR) is 88.8 cm³/mol. The van der Waals surface area contributed by atoms with Crippen LogP contribution in [0.15, 0.2) is 21.1 Å². The molecule has 2 nitrogen and oxygen atoms in total. The molecular formula is C16H21Br2NO. The van der Waals surface area contributed by atoms with E-state index in [0.29, 0.717) is 0 Å². The Morgan fingerprint density at radius 2 is 1.90 bits per heavy atom. The molecule has 2 bridgehead atoms. The molecule has 110 valence electrons. The van der Waals surface area contributed by atoms with E-state index >= 15 is 0 Å². The molecule has 0 radical (unpaired) electrons. The summed E-state index contributed by atoms with van der Waals surface area (Å²) in [5, 5.41) is 9.76. The van der Waals surface area contributed by atoms with E-state index in [-0.39, 0.29) is 5.75 Å². The van der Waals surface area contributed by atoms with Gasteiger partial charge in [-0.1, -0.05) is 6.42 Å². The number of nitrogens with zero attached hydrogens (tertiary/aromatic N) is 1. The summed E-state index contributed by atoms with van der Waals surface area (Å²) in [6.07, 6.45) is 5.86. The SMILES string of the molecule is CN(Cc1cc(Br)c(O)c(Br)c1)CC1CC2CCC1C2. The number of halogens is 2. The lowest BCUT2D eigenvalue weighted by Gasteiger charge is -2.27. The molecule has 0 aliphatic heterocycles. The first kappa shape index (κ1) is 14.9. The van der Waals surface area contributed by atoms with E-state index in [1.807, 2.05) is 12.1 Å². The Balaban J connectivity index is 1.60. The van der Waals surface area contributed by atoms with Gasteiger partial charge < -0.3 is 10.0 Å². The largest absolute Gasteiger partial charge is 0.506 e. The van der Waals surface area contributed by atoms with E-state index in [4.69, 9.17) is 0 Å². The van der Waals surface area contributed by atoms with E-state index in [1.165, 1.54) is 37.8 Å². The zero-order chi connectivity index (χ0) is 14.3. The first-order valence-corrected chi connectivity index (χ1v) is 8.97. The molecule has 2 fully saturated rings. The molecule has 0 saturated heterocycles. The topological polar surface area (TPSA) is 23.5 Å². The van der Waals surface area contributed by atoms with Gasteiger partial charge in [0, 0.05) is 13.1 Å². The number of rotatable bonds is 4.